The van der Waals surface area contributed by atoms with Crippen molar-refractivity contribution in [3.8, 4) is 5.75 Å². The van der Waals surface area contributed by atoms with E-state index in [0.29, 0.717) is 6.61 Å². The number of aliphatic hydroxyl groups excluding tert-OH is 1. The highest BCUT2D eigenvalue weighted by atomic mass is 79.9. The Kier molecular flexibility index (Phi) is 4.03. The zero-order valence-electron chi connectivity index (χ0n) is 11.0. The van der Waals surface area contributed by atoms with Crippen LogP contribution >= 0.6 is 15.9 Å². The van der Waals surface area contributed by atoms with Crippen molar-refractivity contribution in [1.29, 1.82) is 0 Å². The van der Waals surface area contributed by atoms with E-state index in [0.717, 1.165) is 40.4 Å². The Bertz CT molecular complexity index is 612. The lowest BCUT2D eigenvalue weighted by Crippen LogP contribution is -2.14. The predicted octanol–water partition coefficient (Wildman–Crippen LogP) is 2.45. The summed E-state index contributed by atoms with van der Waals surface area (Å²) in [5.41, 5.74) is 0.851. The molecule has 5 nitrogen and oxygen atoms in total. The van der Waals surface area contributed by atoms with Crippen molar-refractivity contribution in [2.45, 2.75) is 39.0 Å². The van der Waals surface area contributed by atoms with Crippen molar-refractivity contribution >= 4 is 15.9 Å². The normalized spacial score (nSPS) is 14.1. The molecule has 0 fully saturated rings. The minimum absolute atomic E-state index is 0.0244. The van der Waals surface area contributed by atoms with E-state index in [4.69, 9.17) is 9.84 Å². The van der Waals surface area contributed by atoms with Gasteiger partial charge in [-0.2, -0.15) is 0 Å². The van der Waals surface area contributed by atoms with Gasteiger partial charge in [-0.25, -0.2) is 0 Å². The third kappa shape index (κ3) is 2.71. The van der Waals surface area contributed by atoms with Gasteiger partial charge in [-0.05, 0) is 46.5 Å². The summed E-state index contributed by atoms with van der Waals surface area (Å²) in [6, 6.07) is 5.55. The van der Waals surface area contributed by atoms with E-state index < -0.39 is 0 Å². The molecule has 1 N–H and O–H groups in total. The number of aliphatic hydroxyl groups is 1. The summed E-state index contributed by atoms with van der Waals surface area (Å²) in [5, 5.41) is 17.5. The molecule has 6 heteroatoms. The molecule has 20 heavy (non-hydrogen) atoms. The predicted molar refractivity (Wildman–Crippen MR) is 77.4 cm³/mol. The van der Waals surface area contributed by atoms with Crippen molar-refractivity contribution in [2.24, 2.45) is 0 Å². The van der Waals surface area contributed by atoms with E-state index in [-0.39, 0.29) is 6.61 Å². The summed E-state index contributed by atoms with van der Waals surface area (Å²) < 4.78 is 8.78. The standard InChI is InChI=1S/C14H16BrN3O2/c15-11-7-10(8-19)4-5-12(11)20-9-14-17-16-13-3-1-2-6-18(13)14/h4-5,7,19H,1-3,6,8-9H2. The van der Waals surface area contributed by atoms with Crippen LogP contribution in [0.3, 0.4) is 0 Å². The molecule has 0 amide bonds. The monoisotopic (exact) mass is 337 g/mol. The van der Waals surface area contributed by atoms with Crippen molar-refractivity contribution < 1.29 is 9.84 Å². The molecule has 2 aromatic rings. The summed E-state index contributed by atoms with van der Waals surface area (Å²) in [6.07, 6.45) is 3.36. The highest BCUT2D eigenvalue weighted by Crippen LogP contribution is 2.27. The second-order valence-corrected chi connectivity index (χ2v) is 5.71. The first-order valence-electron chi connectivity index (χ1n) is 6.71. The summed E-state index contributed by atoms with van der Waals surface area (Å²) in [6.45, 7) is 1.41. The topological polar surface area (TPSA) is 60.2 Å². The molecule has 3 rings (SSSR count). The molecule has 0 saturated carbocycles. The van der Waals surface area contributed by atoms with Crippen LogP contribution in [0.4, 0.5) is 0 Å². The summed E-state index contributed by atoms with van der Waals surface area (Å²) in [4.78, 5) is 0. The molecule has 0 spiro atoms. The van der Waals surface area contributed by atoms with Crippen molar-refractivity contribution in [3.63, 3.8) is 0 Å². The van der Waals surface area contributed by atoms with E-state index in [2.05, 4.69) is 30.7 Å². The number of nitrogens with zero attached hydrogens (tertiary/aromatic N) is 3. The fraction of sp³-hybridized carbons (Fsp3) is 0.429. The number of rotatable bonds is 4. The lowest BCUT2D eigenvalue weighted by Gasteiger charge is -2.15. The molecule has 0 unspecified atom stereocenters. The van der Waals surface area contributed by atoms with Gasteiger partial charge in [0.05, 0.1) is 11.1 Å². The number of halogens is 1. The van der Waals surface area contributed by atoms with E-state index >= 15 is 0 Å². The number of aryl methyl sites for hydroxylation is 1. The van der Waals surface area contributed by atoms with Gasteiger partial charge in [0.25, 0.3) is 0 Å². The van der Waals surface area contributed by atoms with Gasteiger partial charge in [-0.1, -0.05) is 6.07 Å². The smallest absolute Gasteiger partial charge is 0.171 e. The Labute approximate surface area is 125 Å². The molecule has 2 heterocycles. The maximum Gasteiger partial charge on any atom is 0.171 e. The molecule has 0 aliphatic carbocycles. The molecule has 0 bridgehead atoms. The van der Waals surface area contributed by atoms with E-state index in [1.54, 1.807) is 0 Å². The van der Waals surface area contributed by atoms with Crippen LogP contribution in [0.15, 0.2) is 22.7 Å². The molecule has 0 saturated heterocycles. The van der Waals surface area contributed by atoms with Gasteiger partial charge in [0, 0.05) is 13.0 Å². The van der Waals surface area contributed by atoms with Gasteiger partial charge < -0.3 is 14.4 Å². The molecule has 0 atom stereocenters. The Hall–Kier alpha value is -1.40. The number of hydrogen-bond acceptors (Lipinski definition) is 4. The number of aromatic nitrogens is 3. The number of ether oxygens (including phenoxy) is 1. The Balaban J connectivity index is 1.72. The second kappa shape index (κ2) is 5.93. The van der Waals surface area contributed by atoms with Gasteiger partial charge >= 0.3 is 0 Å². The van der Waals surface area contributed by atoms with Crippen LogP contribution in [-0.4, -0.2) is 19.9 Å². The maximum absolute atomic E-state index is 9.08. The van der Waals surface area contributed by atoms with Gasteiger partial charge in [0.2, 0.25) is 0 Å². The molecule has 1 aliphatic rings. The van der Waals surface area contributed by atoms with Gasteiger partial charge in [-0.15, -0.1) is 10.2 Å². The van der Waals surface area contributed by atoms with Crippen LogP contribution in [0.25, 0.3) is 0 Å². The molecule has 0 radical (unpaired) electrons. The second-order valence-electron chi connectivity index (χ2n) is 4.85. The quantitative estimate of drug-likeness (QED) is 0.930. The zero-order chi connectivity index (χ0) is 13.9. The van der Waals surface area contributed by atoms with Gasteiger partial charge in [-0.3, -0.25) is 0 Å². The SMILES string of the molecule is OCc1ccc(OCc2nnc3n2CCCC3)c(Br)c1. The molecular formula is C14H16BrN3O2. The Morgan fingerprint density at radius 1 is 1.30 bits per heavy atom. The first-order valence-corrected chi connectivity index (χ1v) is 7.50. The zero-order valence-corrected chi connectivity index (χ0v) is 12.6. The van der Waals surface area contributed by atoms with Gasteiger partial charge in [0.1, 0.15) is 18.2 Å². The minimum atomic E-state index is 0.0244. The van der Waals surface area contributed by atoms with Crippen molar-refractivity contribution in [1.82, 2.24) is 14.8 Å². The summed E-state index contributed by atoms with van der Waals surface area (Å²) in [7, 11) is 0. The van der Waals surface area contributed by atoms with Gasteiger partial charge in [0.15, 0.2) is 5.82 Å². The number of hydrogen-bond donors (Lipinski definition) is 1. The average Bonchev–Trinajstić information content (AvgIpc) is 2.89. The van der Waals surface area contributed by atoms with Crippen LogP contribution in [-0.2, 0) is 26.2 Å². The first-order chi connectivity index (χ1) is 9.78. The van der Waals surface area contributed by atoms with Crippen LogP contribution in [0.1, 0.15) is 30.1 Å². The fourth-order valence-corrected chi connectivity index (χ4v) is 2.92. The van der Waals surface area contributed by atoms with Crippen molar-refractivity contribution in [2.75, 3.05) is 0 Å². The molecule has 106 valence electrons. The van der Waals surface area contributed by atoms with Crippen LogP contribution in [0.5, 0.6) is 5.75 Å². The highest BCUT2D eigenvalue weighted by Gasteiger charge is 2.16. The third-order valence-electron chi connectivity index (χ3n) is 3.47. The third-order valence-corrected chi connectivity index (χ3v) is 4.09. The maximum atomic E-state index is 9.08. The lowest BCUT2D eigenvalue weighted by molar-refractivity contribution is 0.277. The molecule has 1 aromatic heterocycles. The van der Waals surface area contributed by atoms with E-state index in [1.165, 1.54) is 12.8 Å². The largest absolute Gasteiger partial charge is 0.484 e. The molecule has 1 aliphatic heterocycles. The van der Waals surface area contributed by atoms with Crippen LogP contribution < -0.4 is 4.74 Å². The summed E-state index contributed by atoms with van der Waals surface area (Å²) in [5.74, 6) is 2.68. The molecular weight excluding hydrogens is 322 g/mol. The molecule has 1 aromatic carbocycles. The van der Waals surface area contributed by atoms with E-state index in [1.807, 2.05) is 18.2 Å². The average molecular weight is 338 g/mol. The number of benzene rings is 1. The Morgan fingerprint density at radius 2 is 2.20 bits per heavy atom. The fourth-order valence-electron chi connectivity index (χ4n) is 2.38. The van der Waals surface area contributed by atoms with Crippen molar-refractivity contribution in [3.05, 3.63) is 39.9 Å². The van der Waals surface area contributed by atoms with Crippen LogP contribution in [0.2, 0.25) is 0 Å². The highest BCUT2D eigenvalue weighted by molar-refractivity contribution is 9.10. The Morgan fingerprint density at radius 3 is 3.00 bits per heavy atom. The van der Waals surface area contributed by atoms with E-state index in [9.17, 15) is 0 Å². The number of fused-ring (bicyclic) bond motifs is 1. The minimum Gasteiger partial charge on any atom is -0.484 e. The summed E-state index contributed by atoms with van der Waals surface area (Å²) >= 11 is 3.45. The lowest BCUT2D eigenvalue weighted by atomic mass is 10.2. The first kappa shape index (κ1) is 13.6. The van der Waals surface area contributed by atoms with Crippen LogP contribution in [0, 0.1) is 0 Å².